The lowest BCUT2D eigenvalue weighted by Crippen LogP contribution is -2.35. The fourth-order valence-corrected chi connectivity index (χ4v) is 4.25. The highest BCUT2D eigenvalue weighted by molar-refractivity contribution is 6.00. The van der Waals surface area contributed by atoms with Crippen molar-refractivity contribution in [2.75, 3.05) is 13.2 Å². The summed E-state index contributed by atoms with van der Waals surface area (Å²) in [7, 11) is 0. The Morgan fingerprint density at radius 1 is 1.08 bits per heavy atom. The van der Waals surface area contributed by atoms with Crippen LogP contribution in [0.1, 0.15) is 36.0 Å². The molecule has 0 unspecified atom stereocenters. The molecule has 4 heterocycles. The Morgan fingerprint density at radius 2 is 1.79 bits per heavy atom. The van der Waals surface area contributed by atoms with Crippen LogP contribution in [0.25, 0.3) is 11.3 Å². The van der Waals surface area contributed by atoms with Gasteiger partial charge in [-0.15, -0.1) is 0 Å². The first-order valence-electron chi connectivity index (χ1n) is 8.57. The molecule has 5 rings (SSSR count). The molecule has 2 bridgehead atoms. The molecule has 1 N–H and O–H groups in total. The smallest absolute Gasteiger partial charge is 0.258 e. The molecular weight excluding hydrogens is 306 g/mol. The molecule has 6 heteroatoms. The zero-order valence-corrected chi connectivity index (χ0v) is 13.3. The Balaban J connectivity index is 1.50. The predicted molar refractivity (Wildman–Crippen MR) is 87.2 cm³/mol. The van der Waals surface area contributed by atoms with E-state index in [9.17, 15) is 4.79 Å². The summed E-state index contributed by atoms with van der Waals surface area (Å²) in [5, 5.41) is 7.12. The number of carbonyl (C=O) groups is 1. The number of amides is 1. The number of nitrogens with zero attached hydrogens (tertiary/aromatic N) is 2. The van der Waals surface area contributed by atoms with Gasteiger partial charge in [0, 0.05) is 17.6 Å². The maximum Gasteiger partial charge on any atom is 0.258 e. The summed E-state index contributed by atoms with van der Waals surface area (Å²) in [6.07, 6.45) is 6.18. The topological polar surface area (TPSA) is 67.5 Å². The first-order valence-corrected chi connectivity index (χ1v) is 8.57. The number of carbonyl (C=O) groups excluding carboxylic acids is 1. The molecule has 0 aliphatic carbocycles. The van der Waals surface area contributed by atoms with Gasteiger partial charge in [0.25, 0.3) is 5.91 Å². The maximum absolute atomic E-state index is 13.1. The van der Waals surface area contributed by atoms with Crippen LogP contribution in [0.15, 0.2) is 24.4 Å². The van der Waals surface area contributed by atoms with E-state index in [4.69, 9.17) is 9.47 Å². The molecule has 0 saturated carbocycles. The summed E-state index contributed by atoms with van der Waals surface area (Å²) < 4.78 is 11.2. The second-order valence-corrected chi connectivity index (χ2v) is 6.69. The molecule has 0 radical (unpaired) electrons. The van der Waals surface area contributed by atoms with Gasteiger partial charge in [-0.05, 0) is 43.9 Å². The van der Waals surface area contributed by atoms with Gasteiger partial charge in [0.1, 0.15) is 13.2 Å². The Bertz CT molecular complexity index is 781. The van der Waals surface area contributed by atoms with Crippen LogP contribution in [0.2, 0.25) is 0 Å². The average Bonchev–Trinajstić information content (AvgIpc) is 3.36. The van der Waals surface area contributed by atoms with Crippen molar-refractivity contribution in [1.29, 1.82) is 0 Å². The number of H-pyrrole nitrogens is 1. The molecule has 3 aliphatic rings. The van der Waals surface area contributed by atoms with E-state index in [1.807, 2.05) is 18.2 Å². The lowest BCUT2D eigenvalue weighted by atomic mass is 10.0. The van der Waals surface area contributed by atoms with Crippen LogP contribution in [-0.2, 0) is 0 Å². The van der Waals surface area contributed by atoms with Gasteiger partial charge in [-0.25, -0.2) is 0 Å². The molecule has 24 heavy (non-hydrogen) atoms. The third kappa shape index (κ3) is 2.02. The highest BCUT2D eigenvalue weighted by atomic mass is 16.6. The average molecular weight is 325 g/mol. The van der Waals surface area contributed by atoms with Crippen molar-refractivity contribution in [3.8, 4) is 22.8 Å². The van der Waals surface area contributed by atoms with Gasteiger partial charge in [0.2, 0.25) is 0 Å². The van der Waals surface area contributed by atoms with Crippen molar-refractivity contribution in [3.63, 3.8) is 0 Å². The second kappa shape index (κ2) is 5.26. The van der Waals surface area contributed by atoms with E-state index in [1.165, 1.54) is 0 Å². The van der Waals surface area contributed by atoms with E-state index >= 15 is 0 Å². The van der Waals surface area contributed by atoms with Crippen LogP contribution in [0.5, 0.6) is 11.5 Å². The van der Waals surface area contributed by atoms with Crippen LogP contribution in [0, 0.1) is 0 Å². The van der Waals surface area contributed by atoms with E-state index in [0.29, 0.717) is 36.6 Å². The third-order valence-electron chi connectivity index (χ3n) is 5.39. The summed E-state index contributed by atoms with van der Waals surface area (Å²) >= 11 is 0. The van der Waals surface area contributed by atoms with Crippen molar-refractivity contribution in [2.45, 2.75) is 37.8 Å². The summed E-state index contributed by atoms with van der Waals surface area (Å²) in [4.78, 5) is 15.1. The van der Waals surface area contributed by atoms with Gasteiger partial charge in [-0.3, -0.25) is 9.89 Å². The van der Waals surface area contributed by atoms with E-state index < -0.39 is 0 Å². The van der Waals surface area contributed by atoms with Gasteiger partial charge < -0.3 is 14.4 Å². The number of nitrogens with one attached hydrogen (secondary N) is 1. The van der Waals surface area contributed by atoms with Crippen molar-refractivity contribution in [3.05, 3.63) is 30.0 Å². The molecule has 1 aromatic heterocycles. The molecule has 1 aromatic carbocycles. The van der Waals surface area contributed by atoms with Crippen LogP contribution < -0.4 is 9.47 Å². The van der Waals surface area contributed by atoms with Gasteiger partial charge in [0.15, 0.2) is 11.5 Å². The Hall–Kier alpha value is -2.50. The zero-order valence-electron chi connectivity index (χ0n) is 13.3. The fraction of sp³-hybridized carbons (Fsp3) is 0.444. The lowest BCUT2D eigenvalue weighted by molar-refractivity contribution is 0.0730. The zero-order chi connectivity index (χ0) is 16.1. The van der Waals surface area contributed by atoms with Crippen molar-refractivity contribution >= 4 is 5.91 Å². The number of aromatic amines is 1. The van der Waals surface area contributed by atoms with Crippen molar-refractivity contribution in [1.82, 2.24) is 15.1 Å². The molecule has 2 aromatic rings. The molecule has 6 nitrogen and oxygen atoms in total. The highest BCUT2D eigenvalue weighted by Gasteiger charge is 2.43. The minimum absolute atomic E-state index is 0.0960. The van der Waals surface area contributed by atoms with Crippen LogP contribution >= 0.6 is 0 Å². The first kappa shape index (κ1) is 13.9. The molecule has 3 aliphatic heterocycles. The fourth-order valence-electron chi connectivity index (χ4n) is 4.25. The van der Waals surface area contributed by atoms with Gasteiger partial charge in [-0.2, -0.15) is 5.10 Å². The van der Waals surface area contributed by atoms with E-state index in [0.717, 1.165) is 42.7 Å². The quantitative estimate of drug-likeness (QED) is 0.921. The number of benzene rings is 1. The van der Waals surface area contributed by atoms with Crippen LogP contribution in [0.3, 0.4) is 0 Å². The maximum atomic E-state index is 13.1. The molecule has 1 amide bonds. The molecule has 2 fully saturated rings. The molecule has 0 atom stereocenters. The normalized spacial score (nSPS) is 24.4. The summed E-state index contributed by atoms with van der Waals surface area (Å²) in [5.41, 5.74) is 2.29. The third-order valence-corrected chi connectivity index (χ3v) is 5.39. The van der Waals surface area contributed by atoms with Crippen LogP contribution in [0.4, 0.5) is 0 Å². The van der Waals surface area contributed by atoms with E-state index in [2.05, 4.69) is 15.1 Å². The lowest BCUT2D eigenvalue weighted by Gasteiger charge is -2.22. The van der Waals surface area contributed by atoms with Crippen molar-refractivity contribution < 1.29 is 14.3 Å². The van der Waals surface area contributed by atoms with Gasteiger partial charge in [0.05, 0.1) is 17.5 Å². The van der Waals surface area contributed by atoms with Crippen LogP contribution in [-0.4, -0.2) is 46.3 Å². The summed E-state index contributed by atoms with van der Waals surface area (Å²) in [5.74, 6) is 1.56. The predicted octanol–water partition coefficient (Wildman–Crippen LogP) is 2.61. The Kier molecular flexibility index (Phi) is 3.04. The molecule has 124 valence electrons. The Morgan fingerprint density at radius 3 is 2.54 bits per heavy atom. The largest absolute Gasteiger partial charge is 0.486 e. The van der Waals surface area contributed by atoms with E-state index in [1.54, 1.807) is 6.20 Å². The SMILES string of the molecule is O=C(c1cn[nH]c1-c1ccc2c(c1)OCCO2)N1C2CCC1CC2. The molecular formula is C18H19N3O3. The number of rotatable bonds is 2. The monoisotopic (exact) mass is 325 g/mol. The minimum Gasteiger partial charge on any atom is -0.486 e. The minimum atomic E-state index is 0.0960. The molecule has 0 spiro atoms. The standard InChI is InChI=1S/C18H19N3O3/c22-18(21-12-2-3-13(21)5-4-12)14-10-19-20-17(14)11-1-6-15-16(9-11)24-8-7-23-15/h1,6,9-10,12-13H,2-5,7-8H2,(H,19,20). The first-order chi connectivity index (χ1) is 11.8. The summed E-state index contributed by atoms with van der Waals surface area (Å²) in [6, 6.07) is 6.56. The van der Waals surface area contributed by atoms with Crippen molar-refractivity contribution in [2.24, 2.45) is 0 Å². The number of fused-ring (bicyclic) bond motifs is 3. The Labute approximate surface area is 139 Å². The van der Waals surface area contributed by atoms with E-state index in [-0.39, 0.29) is 5.91 Å². The number of ether oxygens (including phenoxy) is 2. The van der Waals surface area contributed by atoms with Gasteiger partial charge in [-0.1, -0.05) is 0 Å². The summed E-state index contributed by atoms with van der Waals surface area (Å²) in [6.45, 7) is 1.11. The number of hydrogen-bond donors (Lipinski definition) is 1. The van der Waals surface area contributed by atoms with Gasteiger partial charge >= 0.3 is 0 Å². The second-order valence-electron chi connectivity index (χ2n) is 6.69. The number of hydrogen-bond acceptors (Lipinski definition) is 4. The number of aromatic nitrogens is 2. The highest BCUT2D eigenvalue weighted by Crippen LogP contribution is 2.40. The molecule has 2 saturated heterocycles.